The van der Waals surface area contributed by atoms with Gasteiger partial charge in [-0.25, -0.2) is 0 Å². The van der Waals surface area contributed by atoms with Crippen LogP contribution in [0.3, 0.4) is 0 Å². The van der Waals surface area contributed by atoms with E-state index in [1.807, 2.05) is 0 Å². The Morgan fingerprint density at radius 3 is 2.67 bits per heavy atom. The van der Waals surface area contributed by atoms with Gasteiger partial charge in [0.15, 0.2) is 0 Å². The smallest absolute Gasteiger partial charge is 0.226 e. The van der Waals surface area contributed by atoms with Gasteiger partial charge in [-0.1, -0.05) is 19.8 Å². The molecule has 0 aromatic rings. The molecule has 86 valence electrons. The topological polar surface area (TPSA) is 55.1 Å². The van der Waals surface area contributed by atoms with Gasteiger partial charge in [0.1, 0.15) is 0 Å². The lowest BCUT2D eigenvalue weighted by Crippen LogP contribution is -2.49. The van der Waals surface area contributed by atoms with E-state index in [0.717, 1.165) is 19.3 Å². The molecule has 0 radical (unpaired) electrons. The van der Waals surface area contributed by atoms with Crippen molar-refractivity contribution in [1.82, 2.24) is 5.32 Å². The number of carbonyl (C=O) groups excluding carboxylic acids is 1. The summed E-state index contributed by atoms with van der Waals surface area (Å²) >= 11 is 0. The third-order valence-corrected chi connectivity index (χ3v) is 4.28. The first-order valence-electron chi connectivity index (χ1n) is 6.17. The maximum atomic E-state index is 12.0. The van der Waals surface area contributed by atoms with Crippen molar-refractivity contribution >= 4 is 5.91 Å². The van der Waals surface area contributed by atoms with Gasteiger partial charge in [-0.15, -0.1) is 0 Å². The lowest BCUT2D eigenvalue weighted by atomic mass is 9.69. The van der Waals surface area contributed by atoms with Crippen LogP contribution in [-0.4, -0.2) is 18.5 Å². The number of rotatable bonds is 3. The van der Waals surface area contributed by atoms with Gasteiger partial charge in [-0.2, -0.15) is 0 Å². The summed E-state index contributed by atoms with van der Waals surface area (Å²) in [6, 6.07) is 0.347. The standard InChI is InChI=1S/C12H22N2O/c1-12(6-3-7-12)11(15)14-10-5-2-4-9(10)8-13/h9-10H,2-8,13H2,1H3,(H,14,15). The summed E-state index contributed by atoms with van der Waals surface area (Å²) in [4.78, 5) is 12.0. The molecular weight excluding hydrogens is 188 g/mol. The fraction of sp³-hybridized carbons (Fsp3) is 0.917. The normalized spacial score (nSPS) is 33.5. The van der Waals surface area contributed by atoms with Crippen molar-refractivity contribution in [3.63, 3.8) is 0 Å². The molecule has 0 aromatic carbocycles. The summed E-state index contributed by atoms with van der Waals surface area (Å²) < 4.78 is 0. The molecule has 2 fully saturated rings. The van der Waals surface area contributed by atoms with Crippen molar-refractivity contribution in [2.45, 2.75) is 51.5 Å². The van der Waals surface area contributed by atoms with Gasteiger partial charge in [-0.05, 0) is 38.1 Å². The quantitative estimate of drug-likeness (QED) is 0.740. The summed E-state index contributed by atoms with van der Waals surface area (Å²) in [5.41, 5.74) is 5.64. The van der Waals surface area contributed by atoms with Crippen LogP contribution in [0.4, 0.5) is 0 Å². The Balaban J connectivity index is 1.88. The van der Waals surface area contributed by atoms with Gasteiger partial charge >= 0.3 is 0 Å². The zero-order chi connectivity index (χ0) is 10.9. The summed E-state index contributed by atoms with van der Waals surface area (Å²) in [6.45, 7) is 2.79. The first-order valence-corrected chi connectivity index (χ1v) is 6.17. The molecule has 2 rings (SSSR count). The number of nitrogens with two attached hydrogens (primary N) is 1. The van der Waals surface area contributed by atoms with Crippen molar-refractivity contribution in [2.75, 3.05) is 6.54 Å². The zero-order valence-electron chi connectivity index (χ0n) is 9.59. The highest BCUT2D eigenvalue weighted by Gasteiger charge is 2.41. The molecule has 0 aromatic heterocycles. The molecule has 3 heteroatoms. The molecule has 0 aliphatic heterocycles. The average molecular weight is 210 g/mol. The largest absolute Gasteiger partial charge is 0.353 e. The molecule has 2 unspecified atom stereocenters. The SMILES string of the molecule is CC1(C(=O)NC2CCCC2CN)CCC1. The minimum Gasteiger partial charge on any atom is -0.353 e. The molecule has 0 heterocycles. The summed E-state index contributed by atoms with van der Waals surface area (Å²) in [6.07, 6.45) is 6.82. The van der Waals surface area contributed by atoms with Crippen molar-refractivity contribution < 1.29 is 4.79 Å². The van der Waals surface area contributed by atoms with Crippen LogP contribution in [0.15, 0.2) is 0 Å². The molecule has 0 spiro atoms. The van der Waals surface area contributed by atoms with Crippen molar-refractivity contribution in [2.24, 2.45) is 17.1 Å². The van der Waals surface area contributed by atoms with Crippen LogP contribution in [-0.2, 0) is 4.79 Å². The third kappa shape index (κ3) is 2.03. The Kier molecular flexibility index (Phi) is 3.01. The molecule has 2 atom stereocenters. The van der Waals surface area contributed by atoms with Crippen LogP contribution in [0, 0.1) is 11.3 Å². The molecule has 3 nitrogen and oxygen atoms in total. The molecule has 1 amide bonds. The van der Waals surface area contributed by atoms with E-state index in [2.05, 4.69) is 12.2 Å². The molecule has 3 N–H and O–H groups in total. The van der Waals surface area contributed by atoms with Crippen molar-refractivity contribution in [1.29, 1.82) is 0 Å². The van der Waals surface area contributed by atoms with Gasteiger partial charge in [0.05, 0.1) is 0 Å². The Labute approximate surface area is 91.8 Å². The molecule has 0 saturated heterocycles. The van der Waals surface area contributed by atoms with Crippen LogP contribution >= 0.6 is 0 Å². The highest BCUT2D eigenvalue weighted by molar-refractivity contribution is 5.83. The van der Waals surface area contributed by atoms with Gasteiger partial charge in [0.2, 0.25) is 5.91 Å². The highest BCUT2D eigenvalue weighted by atomic mass is 16.2. The predicted octanol–water partition coefficient (Wildman–Crippen LogP) is 1.42. The van der Waals surface area contributed by atoms with E-state index in [4.69, 9.17) is 5.73 Å². The monoisotopic (exact) mass is 210 g/mol. The molecule has 2 aliphatic carbocycles. The first kappa shape index (κ1) is 10.9. The van der Waals surface area contributed by atoms with E-state index >= 15 is 0 Å². The third-order valence-electron chi connectivity index (χ3n) is 4.28. The van der Waals surface area contributed by atoms with Crippen molar-refractivity contribution in [3.8, 4) is 0 Å². The minimum atomic E-state index is -0.0677. The Hall–Kier alpha value is -0.570. The molecular formula is C12H22N2O. The van der Waals surface area contributed by atoms with Gasteiger partial charge in [0.25, 0.3) is 0 Å². The highest BCUT2D eigenvalue weighted by Crippen LogP contribution is 2.41. The fourth-order valence-electron chi connectivity index (χ4n) is 2.79. The van der Waals surface area contributed by atoms with E-state index in [1.165, 1.54) is 19.3 Å². The van der Waals surface area contributed by atoms with Gasteiger partial charge in [-0.3, -0.25) is 4.79 Å². The Bertz CT molecular complexity index is 248. The molecule has 15 heavy (non-hydrogen) atoms. The fourth-order valence-corrected chi connectivity index (χ4v) is 2.79. The van der Waals surface area contributed by atoms with Gasteiger partial charge in [0, 0.05) is 11.5 Å². The lowest BCUT2D eigenvalue weighted by molar-refractivity contribution is -0.135. The Morgan fingerprint density at radius 1 is 1.40 bits per heavy atom. The lowest BCUT2D eigenvalue weighted by Gasteiger charge is -2.38. The van der Waals surface area contributed by atoms with Gasteiger partial charge < -0.3 is 11.1 Å². The molecule has 0 bridgehead atoms. The average Bonchev–Trinajstić information content (AvgIpc) is 2.61. The van der Waals surface area contributed by atoms with E-state index in [-0.39, 0.29) is 11.3 Å². The zero-order valence-corrected chi connectivity index (χ0v) is 9.59. The van der Waals surface area contributed by atoms with Crippen LogP contribution < -0.4 is 11.1 Å². The Morgan fingerprint density at radius 2 is 2.13 bits per heavy atom. The number of hydrogen-bond acceptors (Lipinski definition) is 2. The number of amides is 1. The summed E-state index contributed by atoms with van der Waals surface area (Å²) in [7, 11) is 0. The molecule has 2 saturated carbocycles. The van der Waals surface area contributed by atoms with Crippen LogP contribution in [0.1, 0.15) is 45.4 Å². The number of carbonyl (C=O) groups is 1. The van der Waals surface area contributed by atoms with E-state index in [9.17, 15) is 4.79 Å². The maximum Gasteiger partial charge on any atom is 0.226 e. The van der Waals surface area contributed by atoms with Crippen LogP contribution in [0.5, 0.6) is 0 Å². The van der Waals surface area contributed by atoms with Crippen molar-refractivity contribution in [3.05, 3.63) is 0 Å². The summed E-state index contributed by atoms with van der Waals surface area (Å²) in [5.74, 6) is 0.775. The predicted molar refractivity (Wildman–Crippen MR) is 60.3 cm³/mol. The second kappa shape index (κ2) is 4.12. The first-order chi connectivity index (χ1) is 7.15. The number of hydrogen-bond donors (Lipinski definition) is 2. The maximum absolute atomic E-state index is 12.0. The van der Waals surface area contributed by atoms with E-state index in [1.54, 1.807) is 0 Å². The second-order valence-corrected chi connectivity index (χ2v) is 5.42. The van der Waals surface area contributed by atoms with Crippen LogP contribution in [0.25, 0.3) is 0 Å². The second-order valence-electron chi connectivity index (χ2n) is 5.42. The summed E-state index contributed by atoms with van der Waals surface area (Å²) in [5, 5.41) is 3.20. The van der Waals surface area contributed by atoms with Crippen LogP contribution in [0.2, 0.25) is 0 Å². The van der Waals surface area contributed by atoms with E-state index < -0.39 is 0 Å². The number of nitrogens with one attached hydrogen (secondary N) is 1. The molecule has 2 aliphatic rings. The minimum absolute atomic E-state index is 0.0677. The van der Waals surface area contributed by atoms with E-state index in [0.29, 0.717) is 18.5 Å².